The molecule has 11 heteroatoms. The molecule has 0 unspecified atom stereocenters. The first-order chi connectivity index (χ1) is 17.1. The number of nitrogens with one attached hydrogen (secondary N) is 3. The van der Waals surface area contributed by atoms with Crippen LogP contribution in [0.2, 0.25) is 0 Å². The monoisotopic (exact) mass is 496 g/mol. The molecule has 0 aliphatic heterocycles. The number of amides is 2. The topological polar surface area (TPSA) is 113 Å². The van der Waals surface area contributed by atoms with Crippen molar-refractivity contribution in [2.24, 2.45) is 0 Å². The number of fused-ring (bicyclic) bond motifs is 1. The van der Waals surface area contributed by atoms with Gasteiger partial charge in [-0.1, -0.05) is 18.2 Å². The fourth-order valence-electron chi connectivity index (χ4n) is 3.69. The summed E-state index contributed by atoms with van der Waals surface area (Å²) in [5, 5.41) is 5.02. The largest absolute Gasteiger partial charge is 0.416 e. The molecular formula is C25H19F3N4O4. The van der Waals surface area contributed by atoms with Gasteiger partial charge in [-0.15, -0.1) is 0 Å². The van der Waals surface area contributed by atoms with Gasteiger partial charge >= 0.3 is 17.3 Å². The van der Waals surface area contributed by atoms with E-state index in [2.05, 4.69) is 15.6 Å². The molecule has 0 aliphatic carbocycles. The highest BCUT2D eigenvalue weighted by atomic mass is 19.4. The van der Waals surface area contributed by atoms with Gasteiger partial charge in [0, 0.05) is 17.8 Å². The summed E-state index contributed by atoms with van der Waals surface area (Å²) in [6.45, 7) is 1.97. The molecule has 0 saturated heterocycles. The summed E-state index contributed by atoms with van der Waals surface area (Å²) in [5.41, 5.74) is -1.48. The minimum Gasteiger partial charge on any atom is -0.322 e. The van der Waals surface area contributed by atoms with Crippen molar-refractivity contribution in [3.63, 3.8) is 0 Å². The Morgan fingerprint density at radius 1 is 0.917 bits per heavy atom. The van der Waals surface area contributed by atoms with Crippen molar-refractivity contribution in [1.29, 1.82) is 0 Å². The summed E-state index contributed by atoms with van der Waals surface area (Å²) in [6, 6.07) is 14.6. The van der Waals surface area contributed by atoms with Crippen LogP contribution in [0.4, 0.5) is 24.5 Å². The summed E-state index contributed by atoms with van der Waals surface area (Å²) in [6.07, 6.45) is -4.57. The molecule has 184 valence electrons. The fraction of sp³-hybridized carbons (Fsp3) is 0.120. The van der Waals surface area contributed by atoms with Crippen molar-refractivity contribution in [3.05, 3.63) is 104 Å². The predicted octanol–water partition coefficient (Wildman–Crippen LogP) is 4.23. The van der Waals surface area contributed by atoms with E-state index in [4.69, 9.17) is 0 Å². The molecule has 0 saturated carbocycles. The predicted molar refractivity (Wildman–Crippen MR) is 128 cm³/mol. The number of aromatic nitrogens is 2. The maximum atomic E-state index is 13.0. The lowest BCUT2D eigenvalue weighted by molar-refractivity contribution is -0.137. The molecule has 8 nitrogen and oxygen atoms in total. The van der Waals surface area contributed by atoms with Crippen LogP contribution in [0.1, 0.15) is 33.2 Å². The number of nitrogens with zero attached hydrogens (tertiary/aromatic N) is 1. The van der Waals surface area contributed by atoms with Crippen molar-refractivity contribution in [3.8, 4) is 0 Å². The maximum absolute atomic E-state index is 13.0. The first kappa shape index (κ1) is 24.5. The van der Waals surface area contributed by atoms with Crippen LogP contribution in [0, 0.1) is 0 Å². The minimum absolute atomic E-state index is 0.0253. The molecule has 0 radical (unpaired) electrons. The number of alkyl halides is 3. The second-order valence-corrected chi connectivity index (χ2v) is 7.77. The first-order valence-corrected chi connectivity index (χ1v) is 10.7. The Hall–Kier alpha value is -4.67. The van der Waals surface area contributed by atoms with Crippen LogP contribution in [-0.2, 0) is 12.7 Å². The van der Waals surface area contributed by atoms with Gasteiger partial charge in [-0.05, 0) is 55.5 Å². The van der Waals surface area contributed by atoms with E-state index in [1.54, 1.807) is 19.1 Å². The van der Waals surface area contributed by atoms with E-state index >= 15 is 0 Å². The SMILES string of the molecule is CCn1c(=O)c(=O)[nH]c2cc(C(=O)Nc3ccccc3C(=O)Nc3cccc(C(F)(F)F)c3)ccc21. The third-order valence-corrected chi connectivity index (χ3v) is 5.42. The third-order valence-electron chi connectivity index (χ3n) is 5.42. The Bertz CT molecular complexity index is 1610. The molecule has 0 aliphatic rings. The van der Waals surface area contributed by atoms with Crippen LogP contribution < -0.4 is 21.8 Å². The molecule has 3 aromatic carbocycles. The van der Waals surface area contributed by atoms with Crippen molar-refractivity contribution in [1.82, 2.24) is 9.55 Å². The second-order valence-electron chi connectivity index (χ2n) is 7.77. The molecular weight excluding hydrogens is 477 g/mol. The number of anilines is 2. The first-order valence-electron chi connectivity index (χ1n) is 10.7. The summed E-state index contributed by atoms with van der Waals surface area (Å²) in [4.78, 5) is 52.1. The number of hydrogen-bond acceptors (Lipinski definition) is 4. The van der Waals surface area contributed by atoms with Crippen molar-refractivity contribution in [2.75, 3.05) is 10.6 Å². The number of carbonyl (C=O) groups is 2. The lowest BCUT2D eigenvalue weighted by Gasteiger charge is -2.13. The average Bonchev–Trinajstić information content (AvgIpc) is 2.84. The molecule has 4 aromatic rings. The van der Waals surface area contributed by atoms with Crippen molar-refractivity contribution < 1.29 is 22.8 Å². The number of halogens is 3. The smallest absolute Gasteiger partial charge is 0.322 e. The van der Waals surface area contributed by atoms with Crippen LogP contribution in [0.5, 0.6) is 0 Å². The van der Waals surface area contributed by atoms with E-state index in [0.29, 0.717) is 5.52 Å². The Kier molecular flexibility index (Phi) is 6.47. The zero-order chi connectivity index (χ0) is 26.0. The molecule has 1 heterocycles. The maximum Gasteiger partial charge on any atom is 0.416 e. The van der Waals surface area contributed by atoms with Crippen LogP contribution in [0.15, 0.2) is 76.3 Å². The van der Waals surface area contributed by atoms with E-state index < -0.39 is 34.7 Å². The fourth-order valence-corrected chi connectivity index (χ4v) is 3.69. The Morgan fingerprint density at radius 3 is 2.39 bits per heavy atom. The van der Waals surface area contributed by atoms with Crippen molar-refractivity contribution in [2.45, 2.75) is 19.6 Å². The Balaban J connectivity index is 1.60. The van der Waals surface area contributed by atoms with Crippen LogP contribution in [0.25, 0.3) is 11.0 Å². The lowest BCUT2D eigenvalue weighted by Crippen LogP contribution is -2.36. The zero-order valence-corrected chi connectivity index (χ0v) is 18.8. The summed E-state index contributed by atoms with van der Waals surface area (Å²) in [5.74, 6) is -1.33. The number of rotatable bonds is 5. The highest BCUT2D eigenvalue weighted by molar-refractivity contribution is 6.13. The van der Waals surface area contributed by atoms with Gasteiger partial charge < -0.3 is 20.2 Å². The number of hydrogen-bond donors (Lipinski definition) is 3. The highest BCUT2D eigenvalue weighted by Gasteiger charge is 2.30. The van der Waals surface area contributed by atoms with Gasteiger partial charge in [0.2, 0.25) is 0 Å². The standard InChI is InChI=1S/C25H19F3N4O4/c1-2-32-20-11-10-14(12-19(20)31-23(35)24(32)36)21(33)30-18-9-4-3-8-17(18)22(34)29-16-7-5-6-15(13-16)25(26,27)28/h3-13H,2H2,1H3,(H,29,34)(H,30,33)(H,31,35). The average molecular weight is 496 g/mol. The summed E-state index contributed by atoms with van der Waals surface area (Å²) in [7, 11) is 0. The van der Waals surface area contributed by atoms with Gasteiger partial charge in [0.05, 0.1) is 27.8 Å². The molecule has 0 atom stereocenters. The van der Waals surface area contributed by atoms with E-state index in [-0.39, 0.29) is 34.6 Å². The molecule has 0 spiro atoms. The van der Waals surface area contributed by atoms with Gasteiger partial charge in [-0.25, -0.2) is 0 Å². The number of aromatic amines is 1. The number of para-hydroxylation sites is 1. The van der Waals surface area contributed by atoms with Crippen LogP contribution in [-0.4, -0.2) is 21.4 Å². The molecule has 1 aromatic heterocycles. The van der Waals surface area contributed by atoms with Crippen LogP contribution in [0.3, 0.4) is 0 Å². The molecule has 2 amide bonds. The Labute approximate surface area is 201 Å². The van der Waals surface area contributed by atoms with Gasteiger partial charge in [-0.2, -0.15) is 13.2 Å². The quantitative estimate of drug-likeness (QED) is 0.359. The van der Waals surface area contributed by atoms with E-state index in [1.165, 1.54) is 47.0 Å². The lowest BCUT2D eigenvalue weighted by atomic mass is 10.1. The third kappa shape index (κ3) is 4.90. The number of H-pyrrole nitrogens is 1. The van der Waals surface area contributed by atoms with Gasteiger partial charge in [-0.3, -0.25) is 19.2 Å². The van der Waals surface area contributed by atoms with Crippen LogP contribution >= 0.6 is 0 Å². The number of aryl methyl sites for hydroxylation is 1. The number of benzene rings is 3. The van der Waals surface area contributed by atoms with E-state index in [1.807, 2.05) is 0 Å². The van der Waals surface area contributed by atoms with Gasteiger partial charge in [0.15, 0.2) is 0 Å². The second kappa shape index (κ2) is 9.53. The Morgan fingerprint density at radius 2 is 1.67 bits per heavy atom. The molecule has 0 fully saturated rings. The summed E-state index contributed by atoms with van der Waals surface area (Å²) < 4.78 is 40.2. The summed E-state index contributed by atoms with van der Waals surface area (Å²) >= 11 is 0. The highest BCUT2D eigenvalue weighted by Crippen LogP contribution is 2.31. The molecule has 3 N–H and O–H groups in total. The molecule has 0 bridgehead atoms. The van der Waals surface area contributed by atoms with E-state index in [9.17, 15) is 32.3 Å². The van der Waals surface area contributed by atoms with Gasteiger partial charge in [0.25, 0.3) is 11.8 Å². The van der Waals surface area contributed by atoms with E-state index in [0.717, 1.165) is 12.1 Å². The minimum atomic E-state index is -4.57. The zero-order valence-electron chi connectivity index (χ0n) is 18.8. The molecule has 36 heavy (non-hydrogen) atoms. The number of carbonyl (C=O) groups excluding carboxylic acids is 2. The molecule has 4 rings (SSSR count). The van der Waals surface area contributed by atoms with Gasteiger partial charge in [0.1, 0.15) is 0 Å². The normalized spacial score (nSPS) is 11.3. The van der Waals surface area contributed by atoms with Crippen molar-refractivity contribution >= 4 is 34.2 Å².